The molecular formula is C17H23N3O5S. The summed E-state index contributed by atoms with van der Waals surface area (Å²) in [6, 6.07) is 7.66. The number of benzene rings is 1. The Morgan fingerprint density at radius 3 is 2.62 bits per heavy atom. The Hall–Kier alpha value is -2.39. The molecule has 1 aromatic carbocycles. The third kappa shape index (κ3) is 5.30. The fraction of sp³-hybridized carbons (Fsp3) is 0.412. The van der Waals surface area contributed by atoms with Crippen LogP contribution in [0.1, 0.15) is 20.3 Å². The molecule has 0 saturated heterocycles. The predicted octanol–water partition coefficient (Wildman–Crippen LogP) is 1.41. The van der Waals surface area contributed by atoms with Gasteiger partial charge in [-0.25, -0.2) is 17.8 Å². The molecular weight excluding hydrogens is 358 g/mol. The Balaban J connectivity index is 2.07. The lowest BCUT2D eigenvalue weighted by atomic mass is 10.3. The van der Waals surface area contributed by atoms with Gasteiger partial charge in [-0.1, -0.05) is 0 Å². The van der Waals surface area contributed by atoms with Crippen molar-refractivity contribution >= 4 is 10.0 Å². The molecule has 0 bridgehead atoms. The smallest absolute Gasteiger partial charge is 0.266 e. The summed E-state index contributed by atoms with van der Waals surface area (Å²) < 4.78 is 39.9. The van der Waals surface area contributed by atoms with E-state index in [1.54, 1.807) is 25.1 Å². The molecule has 1 aromatic heterocycles. The van der Waals surface area contributed by atoms with Crippen molar-refractivity contribution in [3.05, 3.63) is 46.9 Å². The number of aryl methyl sites for hydroxylation is 1. The van der Waals surface area contributed by atoms with Gasteiger partial charge in [-0.3, -0.25) is 4.79 Å². The number of ether oxygens (including phenoxy) is 2. The van der Waals surface area contributed by atoms with Crippen LogP contribution in [-0.4, -0.2) is 38.0 Å². The Bertz CT molecular complexity index is 880. The van der Waals surface area contributed by atoms with Crippen LogP contribution in [-0.2, 0) is 16.6 Å². The van der Waals surface area contributed by atoms with Gasteiger partial charge < -0.3 is 9.47 Å². The summed E-state index contributed by atoms with van der Waals surface area (Å²) in [5.74, 6) is 0.723. The van der Waals surface area contributed by atoms with Crippen LogP contribution < -0.4 is 19.8 Å². The standard InChI is InChI=1S/C17H23N3O5S/c1-3-24-14-8-9-15(25-4-2)16(13-14)26(22,23)19-11-6-12-20-17(21)7-5-10-18-20/h5,7-10,13,19H,3-4,6,11-12H2,1-2H3. The number of nitrogens with zero attached hydrogens (tertiary/aromatic N) is 2. The van der Waals surface area contributed by atoms with E-state index in [1.165, 1.54) is 23.0 Å². The quantitative estimate of drug-likeness (QED) is 0.625. The molecule has 0 saturated carbocycles. The normalized spacial score (nSPS) is 11.3. The van der Waals surface area contributed by atoms with E-state index in [0.717, 1.165) is 0 Å². The van der Waals surface area contributed by atoms with Crippen molar-refractivity contribution in [2.24, 2.45) is 0 Å². The van der Waals surface area contributed by atoms with Crippen LogP contribution in [0.3, 0.4) is 0 Å². The minimum atomic E-state index is -3.78. The molecule has 0 aliphatic rings. The topological polar surface area (TPSA) is 99.5 Å². The van der Waals surface area contributed by atoms with Gasteiger partial charge >= 0.3 is 0 Å². The molecule has 2 aromatic rings. The number of aromatic nitrogens is 2. The first-order chi connectivity index (χ1) is 12.5. The summed E-state index contributed by atoms with van der Waals surface area (Å²) in [4.78, 5) is 11.6. The molecule has 1 N–H and O–H groups in total. The number of sulfonamides is 1. The largest absolute Gasteiger partial charge is 0.494 e. The zero-order valence-electron chi connectivity index (χ0n) is 14.8. The number of hydrogen-bond donors (Lipinski definition) is 1. The van der Waals surface area contributed by atoms with Gasteiger partial charge in [0.25, 0.3) is 5.56 Å². The second kappa shape index (κ2) is 9.35. The predicted molar refractivity (Wildman–Crippen MR) is 97.1 cm³/mol. The van der Waals surface area contributed by atoms with Crippen LogP contribution in [0.25, 0.3) is 0 Å². The summed E-state index contributed by atoms with van der Waals surface area (Å²) in [5, 5.41) is 3.93. The van der Waals surface area contributed by atoms with E-state index < -0.39 is 10.0 Å². The van der Waals surface area contributed by atoms with E-state index in [-0.39, 0.29) is 22.7 Å². The minimum absolute atomic E-state index is 0.0281. The molecule has 0 spiro atoms. The summed E-state index contributed by atoms with van der Waals surface area (Å²) in [6.45, 7) is 4.86. The number of rotatable bonds is 10. The molecule has 0 aliphatic carbocycles. The van der Waals surface area contributed by atoms with Gasteiger partial charge in [0.1, 0.15) is 16.4 Å². The van der Waals surface area contributed by atoms with Gasteiger partial charge in [0.2, 0.25) is 10.0 Å². The first-order valence-electron chi connectivity index (χ1n) is 8.39. The van der Waals surface area contributed by atoms with Crippen molar-refractivity contribution in [1.29, 1.82) is 0 Å². The Kier molecular flexibility index (Phi) is 7.16. The van der Waals surface area contributed by atoms with E-state index in [1.807, 2.05) is 6.92 Å². The highest BCUT2D eigenvalue weighted by molar-refractivity contribution is 7.89. The van der Waals surface area contributed by atoms with Crippen molar-refractivity contribution in [2.45, 2.75) is 31.7 Å². The molecule has 2 rings (SSSR count). The van der Waals surface area contributed by atoms with Crippen molar-refractivity contribution in [2.75, 3.05) is 19.8 Å². The SMILES string of the molecule is CCOc1ccc(OCC)c(S(=O)(=O)NCCCn2ncccc2=O)c1. The van der Waals surface area contributed by atoms with Crippen molar-refractivity contribution < 1.29 is 17.9 Å². The zero-order valence-corrected chi connectivity index (χ0v) is 15.7. The van der Waals surface area contributed by atoms with Crippen LogP contribution in [0.4, 0.5) is 0 Å². The van der Waals surface area contributed by atoms with Gasteiger partial charge in [0.05, 0.1) is 13.2 Å². The van der Waals surface area contributed by atoms with Gasteiger partial charge in [0.15, 0.2) is 0 Å². The molecule has 0 unspecified atom stereocenters. The lowest BCUT2D eigenvalue weighted by molar-refractivity contribution is 0.322. The Morgan fingerprint density at radius 2 is 1.92 bits per heavy atom. The second-order valence-electron chi connectivity index (χ2n) is 5.31. The molecule has 142 valence electrons. The molecule has 0 radical (unpaired) electrons. The first kappa shape index (κ1) is 19.9. The summed E-state index contributed by atoms with van der Waals surface area (Å²) in [7, 11) is -3.78. The molecule has 9 heteroatoms. The highest BCUT2D eigenvalue weighted by Crippen LogP contribution is 2.28. The van der Waals surface area contributed by atoms with Crippen LogP contribution in [0.15, 0.2) is 46.2 Å². The number of nitrogens with one attached hydrogen (secondary N) is 1. The summed E-state index contributed by atoms with van der Waals surface area (Å²) >= 11 is 0. The van der Waals surface area contributed by atoms with Gasteiger partial charge in [-0.15, -0.1) is 0 Å². The monoisotopic (exact) mass is 381 g/mol. The lowest BCUT2D eigenvalue weighted by Gasteiger charge is -2.13. The third-order valence-electron chi connectivity index (χ3n) is 3.44. The van der Waals surface area contributed by atoms with Gasteiger partial charge in [0, 0.05) is 31.4 Å². The molecule has 0 amide bonds. The van der Waals surface area contributed by atoms with Crippen molar-refractivity contribution in [3.8, 4) is 11.5 Å². The average molecular weight is 381 g/mol. The molecule has 0 aliphatic heterocycles. The van der Waals surface area contributed by atoms with Gasteiger partial charge in [-0.05, 0) is 38.5 Å². The fourth-order valence-electron chi connectivity index (χ4n) is 2.30. The summed E-state index contributed by atoms with van der Waals surface area (Å²) in [5.41, 5.74) is -0.224. The van der Waals surface area contributed by atoms with E-state index in [9.17, 15) is 13.2 Å². The lowest BCUT2D eigenvalue weighted by Crippen LogP contribution is -2.28. The van der Waals surface area contributed by atoms with E-state index in [2.05, 4.69) is 9.82 Å². The number of hydrogen-bond acceptors (Lipinski definition) is 6. The average Bonchev–Trinajstić information content (AvgIpc) is 2.62. The maximum absolute atomic E-state index is 12.6. The maximum Gasteiger partial charge on any atom is 0.266 e. The minimum Gasteiger partial charge on any atom is -0.494 e. The Labute approximate surface area is 152 Å². The fourth-order valence-corrected chi connectivity index (χ4v) is 3.53. The molecule has 8 nitrogen and oxygen atoms in total. The van der Waals surface area contributed by atoms with Gasteiger partial charge in [-0.2, -0.15) is 5.10 Å². The van der Waals surface area contributed by atoms with Crippen LogP contribution in [0, 0.1) is 0 Å². The van der Waals surface area contributed by atoms with Crippen LogP contribution >= 0.6 is 0 Å². The van der Waals surface area contributed by atoms with E-state index in [4.69, 9.17) is 9.47 Å². The Morgan fingerprint density at radius 1 is 1.15 bits per heavy atom. The second-order valence-corrected chi connectivity index (χ2v) is 7.05. The highest BCUT2D eigenvalue weighted by Gasteiger charge is 2.20. The molecule has 0 fully saturated rings. The highest BCUT2D eigenvalue weighted by atomic mass is 32.2. The maximum atomic E-state index is 12.6. The van der Waals surface area contributed by atoms with Crippen LogP contribution in [0.5, 0.6) is 11.5 Å². The molecule has 26 heavy (non-hydrogen) atoms. The van der Waals surface area contributed by atoms with E-state index in [0.29, 0.717) is 31.9 Å². The molecule has 0 atom stereocenters. The van der Waals surface area contributed by atoms with E-state index >= 15 is 0 Å². The zero-order chi connectivity index (χ0) is 19.0. The van der Waals surface area contributed by atoms with Crippen molar-refractivity contribution in [1.82, 2.24) is 14.5 Å². The first-order valence-corrected chi connectivity index (χ1v) is 9.87. The molecule has 1 heterocycles. The third-order valence-corrected chi connectivity index (χ3v) is 4.92. The summed E-state index contributed by atoms with van der Waals surface area (Å²) in [6.07, 6.45) is 1.93. The van der Waals surface area contributed by atoms with Crippen molar-refractivity contribution in [3.63, 3.8) is 0 Å². The van der Waals surface area contributed by atoms with Crippen LogP contribution in [0.2, 0.25) is 0 Å².